The molecule has 0 bridgehead atoms. The molecule has 3 N–H and O–H groups in total. The molecule has 2 unspecified atom stereocenters. The molecule has 0 spiro atoms. The number of carbonyl (C=O) groups excluding carboxylic acids is 1. The molecule has 1 fully saturated rings. The third kappa shape index (κ3) is 5.04. The van der Waals surface area contributed by atoms with Crippen molar-refractivity contribution in [3.8, 4) is 11.3 Å². The summed E-state index contributed by atoms with van der Waals surface area (Å²) in [6.45, 7) is 1.93. The number of H-pyrrole nitrogens is 1. The number of alkyl halides is 3. The van der Waals surface area contributed by atoms with Crippen molar-refractivity contribution in [2.75, 3.05) is 0 Å². The Kier molecular flexibility index (Phi) is 6.33. The third-order valence-electron chi connectivity index (χ3n) is 7.57. The van der Waals surface area contributed by atoms with Gasteiger partial charge in [-0.25, -0.2) is 0 Å². The van der Waals surface area contributed by atoms with Gasteiger partial charge in [-0.2, -0.15) is 23.4 Å². The number of rotatable bonds is 5. The van der Waals surface area contributed by atoms with Crippen molar-refractivity contribution in [3.63, 3.8) is 0 Å². The maximum Gasteiger partial charge on any atom is 0.416 e. The number of nitrogens with one attached hydrogen (secondary N) is 2. The zero-order valence-corrected chi connectivity index (χ0v) is 21.7. The van der Waals surface area contributed by atoms with Gasteiger partial charge in [0.05, 0.1) is 34.9 Å². The zero-order valence-electron chi connectivity index (χ0n) is 21.7. The van der Waals surface area contributed by atoms with Gasteiger partial charge >= 0.3 is 6.18 Å². The Labute approximate surface area is 227 Å². The van der Waals surface area contributed by atoms with Crippen LogP contribution in [0.25, 0.3) is 33.1 Å². The number of aromatic nitrogens is 5. The second-order valence-corrected chi connectivity index (χ2v) is 10.6. The number of nitrogens with zero attached hydrogens (tertiary/aromatic N) is 4. The average molecular weight is 549 g/mol. The summed E-state index contributed by atoms with van der Waals surface area (Å²) < 4.78 is 41.2. The van der Waals surface area contributed by atoms with Crippen LogP contribution in [0.4, 0.5) is 13.2 Å². The van der Waals surface area contributed by atoms with Crippen LogP contribution in [0.1, 0.15) is 47.3 Å². The van der Waals surface area contributed by atoms with Gasteiger partial charge in [0.2, 0.25) is 0 Å². The quantitative estimate of drug-likeness (QED) is 0.272. The van der Waals surface area contributed by atoms with Crippen LogP contribution < -0.4 is 5.32 Å². The first-order chi connectivity index (χ1) is 19.1. The van der Waals surface area contributed by atoms with E-state index in [-0.39, 0.29) is 24.9 Å². The molecule has 5 aromatic rings. The molecule has 2 aromatic carbocycles. The summed E-state index contributed by atoms with van der Waals surface area (Å²) in [5, 5.41) is 27.5. The van der Waals surface area contributed by atoms with Crippen LogP contribution in [0.3, 0.4) is 0 Å². The van der Waals surface area contributed by atoms with Crippen molar-refractivity contribution in [2.24, 2.45) is 0 Å². The highest BCUT2D eigenvalue weighted by atomic mass is 19.4. The fourth-order valence-electron chi connectivity index (χ4n) is 5.60. The Balaban J connectivity index is 1.19. The van der Waals surface area contributed by atoms with Crippen LogP contribution in [-0.2, 0) is 12.7 Å². The smallest absolute Gasteiger partial charge is 0.388 e. The molecule has 8 nitrogen and oxygen atoms in total. The number of fused-ring (bicyclic) bond motifs is 2. The summed E-state index contributed by atoms with van der Waals surface area (Å²) >= 11 is 0. The molecule has 40 heavy (non-hydrogen) atoms. The Bertz CT molecular complexity index is 1730. The SMILES string of the molecule is Cc1cc(-c2n[nH]c3ccc(C(=O)NC4CCCC(O)(Cn5ncc6ccc(C(F)(F)F)cc65)C4)cc23)ccn1. The number of carbonyl (C=O) groups is 1. The summed E-state index contributed by atoms with van der Waals surface area (Å²) in [4.78, 5) is 17.5. The van der Waals surface area contributed by atoms with Crippen LogP contribution in [0.2, 0.25) is 0 Å². The second-order valence-electron chi connectivity index (χ2n) is 10.6. The summed E-state index contributed by atoms with van der Waals surface area (Å²) in [5.41, 5.74) is 2.05. The first-order valence-electron chi connectivity index (χ1n) is 13.1. The van der Waals surface area contributed by atoms with Gasteiger partial charge in [-0.05, 0) is 75.1 Å². The van der Waals surface area contributed by atoms with Crippen LogP contribution in [-0.4, -0.2) is 47.6 Å². The highest BCUT2D eigenvalue weighted by molar-refractivity contribution is 6.01. The largest absolute Gasteiger partial charge is 0.416 e. The van der Waals surface area contributed by atoms with Crippen molar-refractivity contribution in [1.82, 2.24) is 30.3 Å². The predicted molar refractivity (Wildman–Crippen MR) is 143 cm³/mol. The minimum absolute atomic E-state index is 0.0276. The molecule has 3 heterocycles. The van der Waals surface area contributed by atoms with Gasteiger partial charge in [0, 0.05) is 39.8 Å². The maximum absolute atomic E-state index is 13.3. The first kappa shape index (κ1) is 26.0. The van der Waals surface area contributed by atoms with Gasteiger partial charge in [0.15, 0.2) is 0 Å². The Morgan fingerprint density at radius 3 is 2.85 bits per heavy atom. The molecular weight excluding hydrogens is 521 g/mol. The molecule has 1 amide bonds. The zero-order chi connectivity index (χ0) is 28.1. The lowest BCUT2D eigenvalue weighted by Crippen LogP contribution is -2.47. The van der Waals surface area contributed by atoms with E-state index in [4.69, 9.17) is 0 Å². The molecule has 0 aliphatic heterocycles. The fourth-order valence-corrected chi connectivity index (χ4v) is 5.60. The lowest BCUT2D eigenvalue weighted by atomic mass is 9.81. The normalized spacial score (nSPS) is 19.8. The molecule has 1 aliphatic rings. The Morgan fingerprint density at radius 1 is 1.20 bits per heavy atom. The van der Waals surface area contributed by atoms with E-state index in [1.165, 1.54) is 16.9 Å². The summed E-state index contributed by atoms with van der Waals surface area (Å²) in [6.07, 6.45) is 0.784. The Morgan fingerprint density at radius 2 is 2.05 bits per heavy atom. The molecule has 206 valence electrons. The van der Waals surface area contributed by atoms with Gasteiger partial charge in [-0.3, -0.25) is 19.6 Å². The number of aryl methyl sites for hydroxylation is 1. The fraction of sp³-hybridized carbons (Fsp3) is 0.310. The van der Waals surface area contributed by atoms with Gasteiger partial charge in [-0.1, -0.05) is 6.07 Å². The predicted octanol–water partition coefficient (Wildman–Crippen LogP) is 5.41. The van der Waals surface area contributed by atoms with Crippen LogP contribution in [0, 0.1) is 6.92 Å². The van der Waals surface area contributed by atoms with Crippen LogP contribution >= 0.6 is 0 Å². The first-order valence-corrected chi connectivity index (χ1v) is 13.1. The average Bonchev–Trinajstić information content (AvgIpc) is 3.51. The molecule has 0 radical (unpaired) electrons. The standard InChI is InChI=1S/C29H27F3N6O2/c1-17-11-18(8-10-33-17)26-23-12-19(5-7-24(23)36-37-26)27(39)35-22-3-2-9-28(40,14-22)16-38-25-13-21(29(30,31)32)6-4-20(25)15-34-38/h4-8,10-13,15,22,40H,2-3,9,14,16H2,1H3,(H,35,39)(H,36,37). The minimum atomic E-state index is -4.47. The molecule has 11 heteroatoms. The van der Waals surface area contributed by atoms with E-state index in [1.54, 1.807) is 18.3 Å². The number of hydrogen-bond acceptors (Lipinski definition) is 5. The van der Waals surface area contributed by atoms with Crippen molar-refractivity contribution < 1.29 is 23.1 Å². The molecular formula is C29H27F3N6O2. The highest BCUT2D eigenvalue weighted by Crippen LogP contribution is 2.34. The highest BCUT2D eigenvalue weighted by Gasteiger charge is 2.37. The van der Waals surface area contributed by atoms with E-state index >= 15 is 0 Å². The second kappa shape index (κ2) is 9.74. The van der Waals surface area contributed by atoms with E-state index in [2.05, 4.69) is 25.6 Å². The lowest BCUT2D eigenvalue weighted by Gasteiger charge is -2.37. The van der Waals surface area contributed by atoms with E-state index in [9.17, 15) is 23.1 Å². The molecule has 0 saturated heterocycles. The van der Waals surface area contributed by atoms with E-state index < -0.39 is 17.3 Å². The molecule has 3 aromatic heterocycles. The number of pyridine rings is 1. The van der Waals surface area contributed by atoms with E-state index in [1.807, 2.05) is 25.1 Å². The van der Waals surface area contributed by atoms with Crippen LogP contribution in [0.15, 0.2) is 60.9 Å². The minimum Gasteiger partial charge on any atom is -0.388 e. The third-order valence-corrected chi connectivity index (χ3v) is 7.57. The monoisotopic (exact) mass is 548 g/mol. The molecule has 1 saturated carbocycles. The number of hydrogen-bond donors (Lipinski definition) is 3. The van der Waals surface area contributed by atoms with Crippen LogP contribution in [0.5, 0.6) is 0 Å². The summed E-state index contributed by atoms with van der Waals surface area (Å²) in [6, 6.07) is 12.3. The summed E-state index contributed by atoms with van der Waals surface area (Å²) in [7, 11) is 0. The lowest BCUT2D eigenvalue weighted by molar-refractivity contribution is -0.137. The van der Waals surface area contributed by atoms with Crippen molar-refractivity contribution in [1.29, 1.82) is 0 Å². The Hall–Kier alpha value is -4.25. The molecule has 2 atom stereocenters. The van der Waals surface area contributed by atoms with Gasteiger partial charge < -0.3 is 10.4 Å². The molecule has 1 aliphatic carbocycles. The van der Waals surface area contributed by atoms with Crippen molar-refractivity contribution in [3.05, 3.63) is 77.7 Å². The number of aliphatic hydroxyl groups is 1. The van der Waals surface area contributed by atoms with Gasteiger partial charge in [0.1, 0.15) is 5.69 Å². The topological polar surface area (TPSA) is 109 Å². The number of amides is 1. The van der Waals surface area contributed by atoms with Gasteiger partial charge in [-0.15, -0.1) is 0 Å². The van der Waals surface area contributed by atoms with Gasteiger partial charge in [0.25, 0.3) is 5.91 Å². The molecule has 6 rings (SSSR count). The number of benzene rings is 2. The number of halogens is 3. The van der Waals surface area contributed by atoms with Crippen molar-refractivity contribution >= 4 is 27.7 Å². The van der Waals surface area contributed by atoms with E-state index in [0.29, 0.717) is 35.7 Å². The van der Waals surface area contributed by atoms with E-state index in [0.717, 1.165) is 40.0 Å². The number of aromatic amines is 1. The van der Waals surface area contributed by atoms with Crippen molar-refractivity contribution in [2.45, 2.75) is 57.0 Å². The summed E-state index contributed by atoms with van der Waals surface area (Å²) in [5.74, 6) is -0.270. The maximum atomic E-state index is 13.3.